The van der Waals surface area contributed by atoms with Crippen LogP contribution in [0, 0.1) is 0 Å². The Morgan fingerprint density at radius 3 is 2.30 bits per heavy atom. The number of carboxylic acid groups (broad SMARTS) is 1. The van der Waals surface area contributed by atoms with Gasteiger partial charge in [0.1, 0.15) is 11.5 Å². The minimum atomic E-state index is -4.49. The van der Waals surface area contributed by atoms with Gasteiger partial charge in [0.15, 0.2) is 0 Å². The van der Waals surface area contributed by atoms with E-state index in [-0.39, 0.29) is 5.56 Å². The number of halogens is 3. The Morgan fingerprint density at radius 1 is 1.10 bits per heavy atom. The van der Waals surface area contributed by atoms with Gasteiger partial charge >= 0.3 is 12.1 Å². The van der Waals surface area contributed by atoms with Crippen molar-refractivity contribution < 1.29 is 23.1 Å². The van der Waals surface area contributed by atoms with Gasteiger partial charge in [0.25, 0.3) is 0 Å². The smallest absolute Gasteiger partial charge is 0.433 e. The molecule has 2 heterocycles. The quantitative estimate of drug-likeness (QED) is 0.905. The lowest BCUT2D eigenvalue weighted by atomic mass is 10.3. The van der Waals surface area contributed by atoms with Crippen LogP contribution in [0.25, 0.3) is 0 Å². The maximum Gasteiger partial charge on any atom is 0.433 e. The molecule has 20 heavy (non-hydrogen) atoms. The van der Waals surface area contributed by atoms with Gasteiger partial charge in [-0.25, -0.2) is 14.8 Å². The standard InChI is InChI=1S/C12H8F3N3O2/c13-12(14,15)9-3-2-8(6-16-9)18-10-4-1-7(5-17-10)11(19)20/h1-6H,(H,17,18)(H,19,20). The number of carbonyl (C=O) groups is 1. The first kappa shape index (κ1) is 13.8. The van der Waals surface area contributed by atoms with E-state index in [0.717, 1.165) is 18.5 Å². The molecule has 0 saturated carbocycles. The molecule has 0 aliphatic rings. The third kappa shape index (κ3) is 3.22. The van der Waals surface area contributed by atoms with Crippen LogP contribution in [0.4, 0.5) is 24.7 Å². The second-order valence-corrected chi connectivity index (χ2v) is 3.79. The second kappa shape index (κ2) is 5.16. The summed E-state index contributed by atoms with van der Waals surface area (Å²) in [5.41, 5.74) is -0.660. The molecular weight excluding hydrogens is 275 g/mol. The summed E-state index contributed by atoms with van der Waals surface area (Å²) in [7, 11) is 0. The van der Waals surface area contributed by atoms with E-state index in [9.17, 15) is 18.0 Å². The number of nitrogens with one attached hydrogen (secondary N) is 1. The molecule has 2 N–H and O–H groups in total. The molecule has 0 saturated heterocycles. The Kier molecular flexibility index (Phi) is 3.55. The highest BCUT2D eigenvalue weighted by molar-refractivity contribution is 5.87. The number of aromatic nitrogens is 2. The van der Waals surface area contributed by atoms with Gasteiger partial charge in [0.2, 0.25) is 0 Å². The van der Waals surface area contributed by atoms with Crippen molar-refractivity contribution in [1.29, 1.82) is 0 Å². The predicted molar refractivity (Wildman–Crippen MR) is 63.7 cm³/mol. The van der Waals surface area contributed by atoms with Crippen molar-refractivity contribution in [3.05, 3.63) is 47.9 Å². The monoisotopic (exact) mass is 283 g/mol. The fraction of sp³-hybridized carbons (Fsp3) is 0.0833. The molecule has 0 unspecified atom stereocenters. The highest BCUT2D eigenvalue weighted by atomic mass is 19.4. The topological polar surface area (TPSA) is 75.1 Å². The van der Waals surface area contributed by atoms with Crippen molar-refractivity contribution in [2.24, 2.45) is 0 Å². The van der Waals surface area contributed by atoms with Gasteiger partial charge < -0.3 is 10.4 Å². The van der Waals surface area contributed by atoms with Gasteiger partial charge in [0.05, 0.1) is 17.4 Å². The minimum Gasteiger partial charge on any atom is -0.478 e. The fourth-order valence-electron chi connectivity index (χ4n) is 1.38. The normalized spacial score (nSPS) is 11.2. The summed E-state index contributed by atoms with van der Waals surface area (Å²) in [4.78, 5) is 17.7. The average molecular weight is 283 g/mol. The lowest BCUT2D eigenvalue weighted by Gasteiger charge is -2.08. The molecule has 2 rings (SSSR count). The van der Waals surface area contributed by atoms with Crippen LogP contribution in [0.3, 0.4) is 0 Å². The number of alkyl halides is 3. The van der Waals surface area contributed by atoms with Gasteiger partial charge in [-0.1, -0.05) is 0 Å². The molecule has 0 bridgehead atoms. The van der Waals surface area contributed by atoms with E-state index in [1.54, 1.807) is 0 Å². The van der Waals surface area contributed by atoms with E-state index < -0.39 is 17.8 Å². The zero-order valence-electron chi connectivity index (χ0n) is 9.85. The van der Waals surface area contributed by atoms with E-state index in [4.69, 9.17) is 5.11 Å². The first-order valence-electron chi connectivity index (χ1n) is 5.36. The Morgan fingerprint density at radius 2 is 1.85 bits per heavy atom. The number of hydrogen-bond donors (Lipinski definition) is 2. The summed E-state index contributed by atoms with van der Waals surface area (Å²) in [6.07, 6.45) is -2.32. The summed E-state index contributed by atoms with van der Waals surface area (Å²) in [5, 5.41) is 11.4. The van der Waals surface area contributed by atoms with Crippen molar-refractivity contribution in [2.75, 3.05) is 5.32 Å². The van der Waals surface area contributed by atoms with E-state index in [1.807, 2.05) is 0 Å². The van der Waals surface area contributed by atoms with Crippen molar-refractivity contribution in [2.45, 2.75) is 6.18 Å². The van der Waals surface area contributed by atoms with Crippen LogP contribution in [-0.4, -0.2) is 21.0 Å². The molecule has 104 valence electrons. The second-order valence-electron chi connectivity index (χ2n) is 3.79. The number of rotatable bonds is 3. The number of pyridine rings is 2. The molecule has 0 fully saturated rings. The van der Waals surface area contributed by atoms with Crippen LogP contribution in [0.5, 0.6) is 0 Å². The predicted octanol–water partition coefficient (Wildman–Crippen LogP) is 2.94. The van der Waals surface area contributed by atoms with Crippen LogP contribution in [-0.2, 0) is 6.18 Å². The van der Waals surface area contributed by atoms with Crippen LogP contribution >= 0.6 is 0 Å². The number of carboxylic acids is 1. The van der Waals surface area contributed by atoms with Crippen LogP contribution in [0.1, 0.15) is 16.1 Å². The molecule has 8 heteroatoms. The van der Waals surface area contributed by atoms with E-state index in [1.165, 1.54) is 18.2 Å². The highest BCUT2D eigenvalue weighted by Gasteiger charge is 2.31. The SMILES string of the molecule is O=C(O)c1ccc(Nc2ccc(C(F)(F)F)nc2)nc1. The summed E-state index contributed by atoms with van der Waals surface area (Å²) in [6, 6.07) is 4.78. The van der Waals surface area contributed by atoms with Gasteiger partial charge in [-0.2, -0.15) is 13.2 Å². The van der Waals surface area contributed by atoms with Gasteiger partial charge in [-0.15, -0.1) is 0 Å². The Labute approximate surface area is 111 Å². The molecule has 0 atom stereocenters. The summed E-state index contributed by atoms with van der Waals surface area (Å²) in [5.74, 6) is -0.809. The largest absolute Gasteiger partial charge is 0.478 e. The molecule has 0 radical (unpaired) electrons. The number of nitrogens with zero attached hydrogens (tertiary/aromatic N) is 2. The van der Waals surface area contributed by atoms with Crippen molar-refractivity contribution in [3.8, 4) is 0 Å². The van der Waals surface area contributed by atoms with E-state index >= 15 is 0 Å². The fourth-order valence-corrected chi connectivity index (χ4v) is 1.38. The van der Waals surface area contributed by atoms with Crippen molar-refractivity contribution in [3.63, 3.8) is 0 Å². The van der Waals surface area contributed by atoms with Gasteiger partial charge in [-0.3, -0.25) is 0 Å². The lowest BCUT2D eigenvalue weighted by Crippen LogP contribution is -2.07. The summed E-state index contributed by atoms with van der Waals surface area (Å²) >= 11 is 0. The molecule has 5 nitrogen and oxygen atoms in total. The molecule has 0 spiro atoms. The summed E-state index contributed by atoms with van der Waals surface area (Å²) < 4.78 is 36.9. The molecular formula is C12H8F3N3O2. The molecule has 2 aromatic rings. The first-order chi connectivity index (χ1) is 9.36. The number of aromatic carboxylic acids is 1. The highest BCUT2D eigenvalue weighted by Crippen LogP contribution is 2.28. The van der Waals surface area contributed by atoms with Crippen molar-refractivity contribution >= 4 is 17.5 Å². The molecule has 0 aliphatic heterocycles. The first-order valence-corrected chi connectivity index (χ1v) is 5.36. The molecule has 0 aliphatic carbocycles. The van der Waals surface area contributed by atoms with E-state index in [2.05, 4.69) is 15.3 Å². The van der Waals surface area contributed by atoms with Crippen LogP contribution in [0.15, 0.2) is 36.7 Å². The minimum absolute atomic E-state index is 0.0149. The number of anilines is 2. The maximum absolute atomic E-state index is 12.3. The summed E-state index contributed by atoms with van der Waals surface area (Å²) in [6.45, 7) is 0. The zero-order valence-corrected chi connectivity index (χ0v) is 9.85. The van der Waals surface area contributed by atoms with Crippen LogP contribution in [0.2, 0.25) is 0 Å². The third-order valence-electron chi connectivity index (χ3n) is 2.34. The Bertz CT molecular complexity index is 609. The number of hydrogen-bond acceptors (Lipinski definition) is 4. The van der Waals surface area contributed by atoms with E-state index in [0.29, 0.717) is 11.5 Å². The Balaban J connectivity index is 2.12. The van der Waals surface area contributed by atoms with Crippen LogP contribution < -0.4 is 5.32 Å². The molecule has 2 aromatic heterocycles. The molecule has 0 aromatic carbocycles. The zero-order chi connectivity index (χ0) is 14.8. The van der Waals surface area contributed by atoms with Crippen molar-refractivity contribution in [1.82, 2.24) is 9.97 Å². The Hall–Kier alpha value is -2.64. The third-order valence-corrected chi connectivity index (χ3v) is 2.34. The maximum atomic E-state index is 12.3. The average Bonchev–Trinajstić information content (AvgIpc) is 2.39. The van der Waals surface area contributed by atoms with Gasteiger partial charge in [0, 0.05) is 6.20 Å². The molecule has 0 amide bonds. The van der Waals surface area contributed by atoms with Gasteiger partial charge in [-0.05, 0) is 24.3 Å². The lowest BCUT2D eigenvalue weighted by molar-refractivity contribution is -0.141.